The summed E-state index contributed by atoms with van der Waals surface area (Å²) in [7, 11) is -16.7. The van der Waals surface area contributed by atoms with Crippen molar-refractivity contribution in [2.45, 2.75) is 31.0 Å². The van der Waals surface area contributed by atoms with Gasteiger partial charge in [0.05, 0.1) is 12.9 Å². The standard InChI is InChI=1S/C11H18N5O13P3/c1-11(18)7(17)5(2-26-31(22,23)29-32(24,25)28-30(19,20)21)27-10(11)16-4-15-6-8(12)13-3-14-9(6)16/h3-5,7,10,17-18H,2H2,1H3,(H,22,23)(H,24,25)(H2,12,13,14)(H2,19,20,21)/t5-,7?,10-,11-/m1/s1. The number of nitrogen functional groups attached to an aromatic ring is 1. The number of ether oxygens (including phenoxy) is 1. The van der Waals surface area contributed by atoms with E-state index in [1.807, 2.05) is 0 Å². The second-order valence-electron chi connectivity index (χ2n) is 6.67. The van der Waals surface area contributed by atoms with E-state index >= 15 is 0 Å². The fourth-order valence-electron chi connectivity index (χ4n) is 2.89. The summed E-state index contributed by atoms with van der Waals surface area (Å²) in [5.41, 5.74) is 4.00. The van der Waals surface area contributed by atoms with Crippen LogP contribution in [0.1, 0.15) is 13.2 Å². The third kappa shape index (κ3) is 5.40. The van der Waals surface area contributed by atoms with E-state index in [-0.39, 0.29) is 17.0 Å². The van der Waals surface area contributed by atoms with Crippen molar-refractivity contribution in [1.82, 2.24) is 19.5 Å². The first-order valence-electron chi connectivity index (χ1n) is 8.30. The predicted octanol–water partition coefficient (Wildman–Crippen LogP) is -1.24. The van der Waals surface area contributed by atoms with Crippen molar-refractivity contribution in [3.8, 4) is 0 Å². The van der Waals surface area contributed by atoms with Crippen LogP contribution in [0.15, 0.2) is 12.7 Å². The Morgan fingerprint density at radius 2 is 1.81 bits per heavy atom. The van der Waals surface area contributed by atoms with Gasteiger partial charge in [0.2, 0.25) is 0 Å². The van der Waals surface area contributed by atoms with Crippen LogP contribution >= 0.6 is 23.5 Å². The summed E-state index contributed by atoms with van der Waals surface area (Å²) in [4.78, 5) is 47.5. The lowest BCUT2D eigenvalue weighted by Crippen LogP contribution is -2.44. The fourth-order valence-corrected chi connectivity index (χ4v) is 5.92. The number of anilines is 1. The molecular weight excluding hydrogens is 503 g/mol. The average molecular weight is 521 g/mol. The lowest BCUT2D eigenvalue weighted by atomic mass is 9.96. The van der Waals surface area contributed by atoms with Gasteiger partial charge < -0.3 is 40.3 Å². The number of hydrogen-bond donors (Lipinski definition) is 7. The van der Waals surface area contributed by atoms with E-state index in [1.54, 1.807) is 0 Å². The van der Waals surface area contributed by atoms with Gasteiger partial charge in [-0.15, -0.1) is 0 Å². The topological polar surface area (TPSA) is 279 Å². The van der Waals surface area contributed by atoms with E-state index in [1.165, 1.54) is 17.8 Å². The van der Waals surface area contributed by atoms with Crippen LogP contribution in [0, 0.1) is 0 Å². The monoisotopic (exact) mass is 521 g/mol. The zero-order valence-corrected chi connectivity index (χ0v) is 18.5. The van der Waals surface area contributed by atoms with Gasteiger partial charge in [0.15, 0.2) is 17.7 Å². The number of rotatable bonds is 8. The smallest absolute Gasteiger partial charge is 0.387 e. The normalized spacial score (nSPS) is 30.3. The van der Waals surface area contributed by atoms with Crippen LogP contribution in [-0.4, -0.2) is 73.7 Å². The third-order valence-corrected chi connectivity index (χ3v) is 8.01. The number of phosphoric acid groups is 3. The van der Waals surface area contributed by atoms with Crippen molar-refractivity contribution < 1.29 is 61.4 Å². The van der Waals surface area contributed by atoms with Crippen LogP contribution in [0.5, 0.6) is 0 Å². The quantitative estimate of drug-likeness (QED) is 0.200. The molecule has 6 atom stereocenters. The van der Waals surface area contributed by atoms with E-state index in [9.17, 15) is 28.8 Å². The molecule has 1 aliphatic rings. The van der Waals surface area contributed by atoms with Gasteiger partial charge in [-0.2, -0.15) is 8.62 Å². The highest BCUT2D eigenvalue weighted by molar-refractivity contribution is 7.66. The van der Waals surface area contributed by atoms with Crippen LogP contribution in [0.4, 0.5) is 5.82 Å². The average Bonchev–Trinajstić information content (AvgIpc) is 3.11. The van der Waals surface area contributed by atoms with Crippen molar-refractivity contribution in [1.29, 1.82) is 0 Å². The highest BCUT2D eigenvalue weighted by Crippen LogP contribution is 2.66. The minimum absolute atomic E-state index is 0.0381. The second kappa shape index (κ2) is 8.45. The highest BCUT2D eigenvalue weighted by atomic mass is 31.3. The van der Waals surface area contributed by atoms with E-state index in [4.69, 9.17) is 25.2 Å². The van der Waals surface area contributed by atoms with Crippen LogP contribution in [0.3, 0.4) is 0 Å². The van der Waals surface area contributed by atoms with Gasteiger partial charge in [0.25, 0.3) is 0 Å². The van der Waals surface area contributed by atoms with Crippen LogP contribution < -0.4 is 5.73 Å². The SMILES string of the molecule is C[C@@]1(O)C(O)[C@@H](COP(=O)(O)OP(=O)(O)OP(=O)(O)O)O[C@H]1n1cnc2c(N)ncnc21. The molecule has 8 N–H and O–H groups in total. The van der Waals surface area contributed by atoms with E-state index in [0.29, 0.717) is 0 Å². The molecule has 0 spiro atoms. The first-order chi connectivity index (χ1) is 14.5. The molecule has 2 aromatic rings. The molecule has 1 fully saturated rings. The third-order valence-electron chi connectivity index (χ3n) is 4.21. The minimum Gasteiger partial charge on any atom is -0.387 e. The lowest BCUT2D eigenvalue weighted by Gasteiger charge is -2.27. The largest absolute Gasteiger partial charge is 0.490 e. The lowest BCUT2D eigenvalue weighted by molar-refractivity contribution is -0.0949. The van der Waals surface area contributed by atoms with E-state index in [0.717, 1.165) is 6.33 Å². The van der Waals surface area contributed by atoms with Crippen molar-refractivity contribution in [3.05, 3.63) is 12.7 Å². The molecule has 0 amide bonds. The molecule has 32 heavy (non-hydrogen) atoms. The molecule has 3 unspecified atom stereocenters. The summed E-state index contributed by atoms with van der Waals surface area (Å²) < 4.78 is 52.2. The van der Waals surface area contributed by atoms with Crippen molar-refractivity contribution in [2.75, 3.05) is 12.3 Å². The Hall–Kier alpha value is -1.36. The summed E-state index contributed by atoms with van der Waals surface area (Å²) >= 11 is 0. The summed E-state index contributed by atoms with van der Waals surface area (Å²) in [6.45, 7) is 0.213. The number of hydrogen-bond acceptors (Lipinski definition) is 13. The molecule has 1 aliphatic heterocycles. The summed E-state index contributed by atoms with van der Waals surface area (Å²) in [6.07, 6.45) is -2.23. The van der Waals surface area contributed by atoms with Crippen molar-refractivity contribution >= 4 is 40.4 Å². The predicted molar refractivity (Wildman–Crippen MR) is 100 cm³/mol. The summed E-state index contributed by atoms with van der Waals surface area (Å²) in [5.74, 6) is 0.0381. The van der Waals surface area contributed by atoms with E-state index in [2.05, 4.69) is 28.1 Å². The number of nitrogens with two attached hydrogens (primary N) is 1. The molecule has 2 aromatic heterocycles. The number of phosphoric ester groups is 1. The Bertz CT molecular complexity index is 1150. The van der Waals surface area contributed by atoms with E-state index < -0.39 is 54.1 Å². The maximum Gasteiger partial charge on any atom is 0.490 e. The highest BCUT2D eigenvalue weighted by Gasteiger charge is 2.54. The molecule has 0 aromatic carbocycles. The van der Waals surface area contributed by atoms with Gasteiger partial charge in [0.1, 0.15) is 29.7 Å². The summed E-state index contributed by atoms with van der Waals surface area (Å²) in [6, 6.07) is 0. The van der Waals surface area contributed by atoms with Crippen molar-refractivity contribution in [3.63, 3.8) is 0 Å². The number of aliphatic hydroxyl groups is 2. The first kappa shape index (κ1) is 25.3. The number of nitrogens with zero attached hydrogens (tertiary/aromatic N) is 4. The van der Waals surface area contributed by atoms with Crippen molar-refractivity contribution in [2.24, 2.45) is 0 Å². The molecule has 0 bridgehead atoms. The van der Waals surface area contributed by atoms with Gasteiger partial charge in [-0.3, -0.25) is 9.09 Å². The van der Waals surface area contributed by atoms with Gasteiger partial charge in [0, 0.05) is 0 Å². The zero-order chi connectivity index (χ0) is 24.1. The second-order valence-corrected chi connectivity index (χ2v) is 11.1. The maximum absolute atomic E-state index is 11.9. The molecule has 3 rings (SSSR count). The molecule has 0 aliphatic carbocycles. The van der Waals surface area contributed by atoms with Crippen LogP contribution in [0.25, 0.3) is 11.2 Å². The number of imidazole rings is 1. The van der Waals surface area contributed by atoms with Gasteiger partial charge in [-0.25, -0.2) is 28.6 Å². The number of aliphatic hydroxyl groups excluding tert-OH is 1. The Labute approximate surface area is 178 Å². The Kier molecular flexibility index (Phi) is 6.67. The Morgan fingerprint density at radius 3 is 2.44 bits per heavy atom. The van der Waals surface area contributed by atoms with Gasteiger partial charge in [-0.05, 0) is 6.92 Å². The molecule has 180 valence electrons. The Morgan fingerprint density at radius 1 is 1.16 bits per heavy atom. The van der Waals surface area contributed by atoms with Crippen LogP contribution in [-0.2, 0) is 31.6 Å². The molecule has 1 saturated heterocycles. The molecule has 21 heteroatoms. The minimum atomic E-state index is -5.71. The summed E-state index contributed by atoms with van der Waals surface area (Å²) in [5, 5.41) is 21.1. The zero-order valence-electron chi connectivity index (χ0n) is 15.8. The molecule has 3 heterocycles. The fraction of sp³-hybridized carbons (Fsp3) is 0.545. The Balaban J connectivity index is 1.74. The molecular formula is C11H18N5O13P3. The molecule has 18 nitrogen and oxygen atoms in total. The first-order valence-corrected chi connectivity index (χ1v) is 12.8. The molecule has 0 radical (unpaired) electrons. The maximum atomic E-state index is 11.9. The van der Waals surface area contributed by atoms with Crippen LogP contribution in [0.2, 0.25) is 0 Å². The number of aromatic nitrogens is 4. The molecule has 0 saturated carbocycles. The number of fused-ring (bicyclic) bond motifs is 1. The van der Waals surface area contributed by atoms with Gasteiger partial charge in [-0.1, -0.05) is 0 Å². The van der Waals surface area contributed by atoms with Gasteiger partial charge >= 0.3 is 23.5 Å².